The molecular formula is C16H22BBrNSi. The summed E-state index contributed by atoms with van der Waals surface area (Å²) in [5, 5.41) is 0.329. The Morgan fingerprint density at radius 2 is 1.70 bits per heavy atom. The first-order valence-electron chi connectivity index (χ1n) is 6.99. The van der Waals surface area contributed by atoms with E-state index in [4.69, 9.17) is 0 Å². The molecule has 20 heavy (non-hydrogen) atoms. The topological polar surface area (TPSA) is 3.24 Å². The van der Waals surface area contributed by atoms with Gasteiger partial charge in [0.15, 0.2) is 0 Å². The highest BCUT2D eigenvalue weighted by atomic mass is 79.9. The molecule has 0 fully saturated rings. The van der Waals surface area contributed by atoms with Crippen molar-refractivity contribution in [1.29, 1.82) is 0 Å². The van der Waals surface area contributed by atoms with Gasteiger partial charge in [0.05, 0.1) is 0 Å². The smallest absolute Gasteiger partial charge is 0.276 e. The molecule has 0 aliphatic carbocycles. The summed E-state index contributed by atoms with van der Waals surface area (Å²) in [6.45, 7) is 11.9. The van der Waals surface area contributed by atoms with Crippen LogP contribution in [0.4, 0.5) is 0 Å². The normalized spacial score (nSPS) is 15.9. The van der Waals surface area contributed by atoms with E-state index in [1.165, 1.54) is 11.0 Å². The Labute approximate surface area is 133 Å². The van der Waals surface area contributed by atoms with Gasteiger partial charge in [-0.15, -0.1) is 0 Å². The van der Waals surface area contributed by atoms with Crippen molar-refractivity contribution in [3.8, 4) is 0 Å². The molecule has 0 aromatic heterocycles. The van der Waals surface area contributed by atoms with Crippen molar-refractivity contribution in [3.63, 3.8) is 0 Å². The highest BCUT2D eigenvalue weighted by Crippen LogP contribution is 2.39. The van der Waals surface area contributed by atoms with Gasteiger partial charge in [0.1, 0.15) is 8.24 Å². The second-order valence-corrected chi connectivity index (χ2v) is 12.9. The van der Waals surface area contributed by atoms with Crippen LogP contribution in [-0.2, 0) is 0 Å². The predicted molar refractivity (Wildman–Crippen MR) is 96.0 cm³/mol. The molecule has 4 heteroatoms. The lowest BCUT2D eigenvalue weighted by atomic mass is 9.76. The molecule has 1 aliphatic heterocycles. The molecule has 1 aromatic rings. The summed E-state index contributed by atoms with van der Waals surface area (Å²) in [6.07, 6.45) is 6.57. The van der Waals surface area contributed by atoms with E-state index >= 15 is 0 Å². The number of rotatable bonds is 2. The molecule has 0 bridgehead atoms. The van der Waals surface area contributed by atoms with Gasteiger partial charge in [-0.3, -0.25) is 0 Å². The van der Waals surface area contributed by atoms with Crippen LogP contribution in [0, 0.1) is 0 Å². The van der Waals surface area contributed by atoms with Crippen LogP contribution in [0.25, 0.3) is 5.47 Å². The quantitative estimate of drug-likeness (QED) is 0.661. The van der Waals surface area contributed by atoms with Crippen LogP contribution in [0.3, 0.4) is 0 Å². The molecule has 0 saturated heterocycles. The molecule has 0 unspecified atom stereocenters. The van der Waals surface area contributed by atoms with E-state index < -0.39 is 8.24 Å². The zero-order valence-corrected chi connectivity index (χ0v) is 15.5. The third-order valence-electron chi connectivity index (χ3n) is 4.46. The second-order valence-electron chi connectivity index (χ2n) is 6.82. The van der Waals surface area contributed by atoms with E-state index in [0.29, 0.717) is 5.04 Å². The molecule has 0 N–H and O–H groups in total. The fourth-order valence-electron chi connectivity index (χ4n) is 2.02. The average Bonchev–Trinajstić information content (AvgIpc) is 2.38. The van der Waals surface area contributed by atoms with E-state index in [-0.39, 0.29) is 0 Å². The maximum absolute atomic E-state index is 3.49. The minimum atomic E-state index is -1.55. The minimum Gasteiger partial charge on any atom is -0.448 e. The fraction of sp³-hybridized carbons (Fsp3) is 0.375. The van der Waals surface area contributed by atoms with Crippen LogP contribution in [0.1, 0.15) is 26.3 Å². The molecule has 0 saturated carbocycles. The van der Waals surface area contributed by atoms with Crippen molar-refractivity contribution in [2.24, 2.45) is 0 Å². The van der Waals surface area contributed by atoms with E-state index in [0.717, 1.165) is 4.47 Å². The minimum absolute atomic E-state index is 0.329. The Hall–Kier alpha value is -0.738. The van der Waals surface area contributed by atoms with Gasteiger partial charge in [0, 0.05) is 4.47 Å². The van der Waals surface area contributed by atoms with Crippen molar-refractivity contribution in [3.05, 3.63) is 52.7 Å². The van der Waals surface area contributed by atoms with Crippen LogP contribution >= 0.6 is 15.9 Å². The summed E-state index contributed by atoms with van der Waals surface area (Å²) in [7, 11) is 0.757. The maximum atomic E-state index is 3.49. The van der Waals surface area contributed by atoms with Gasteiger partial charge in [0.2, 0.25) is 0 Å². The maximum Gasteiger partial charge on any atom is 0.276 e. The van der Waals surface area contributed by atoms with E-state index in [1.54, 1.807) is 0 Å². The molecule has 1 aromatic carbocycles. The lowest BCUT2D eigenvalue weighted by Crippen LogP contribution is -2.54. The Morgan fingerprint density at radius 1 is 1.10 bits per heavy atom. The number of halogens is 1. The summed E-state index contributed by atoms with van der Waals surface area (Å²) in [6, 6.07) is 8.52. The molecule has 105 valence electrons. The average molecular weight is 347 g/mol. The Bertz CT molecular complexity index is 541. The molecule has 1 heterocycles. The van der Waals surface area contributed by atoms with E-state index in [2.05, 4.69) is 104 Å². The van der Waals surface area contributed by atoms with Crippen LogP contribution in [0.5, 0.6) is 0 Å². The molecule has 0 spiro atoms. The Kier molecular flexibility index (Phi) is 4.36. The molecule has 2 rings (SSSR count). The lowest BCUT2D eigenvalue weighted by molar-refractivity contribution is 0.658. The molecule has 1 nitrogen and oxygen atoms in total. The molecule has 0 atom stereocenters. The van der Waals surface area contributed by atoms with Gasteiger partial charge in [-0.25, -0.2) is 0 Å². The predicted octanol–water partition coefficient (Wildman–Crippen LogP) is 5.24. The standard InChI is InChI=1S/C16H22BBrNSi/c1-16(2,3)20(4,5)19-12-6-7-15(17-19)13-8-10-14(18)11-9-13/h6-12H,1-5H3. The lowest BCUT2D eigenvalue weighted by Gasteiger charge is -2.47. The number of hydrogen-bond acceptors (Lipinski definition) is 1. The van der Waals surface area contributed by atoms with Gasteiger partial charge in [0.25, 0.3) is 7.41 Å². The summed E-state index contributed by atoms with van der Waals surface area (Å²) in [5.41, 5.74) is 2.55. The van der Waals surface area contributed by atoms with Crippen molar-refractivity contribution in [2.45, 2.75) is 38.9 Å². The van der Waals surface area contributed by atoms with Gasteiger partial charge in [-0.2, -0.15) is 0 Å². The zero-order valence-electron chi connectivity index (χ0n) is 12.9. The first kappa shape index (κ1) is 15.6. The SMILES string of the molecule is CC(C)(C)[Si](C)(C)N1[B]C(c2ccc(Br)cc2)=CC=C1. The third-order valence-corrected chi connectivity index (χ3v) is 10.2. The first-order valence-corrected chi connectivity index (χ1v) is 10.7. The molecular weight excluding hydrogens is 325 g/mol. The van der Waals surface area contributed by atoms with Crippen molar-refractivity contribution < 1.29 is 0 Å². The highest BCUT2D eigenvalue weighted by Gasteiger charge is 2.40. The van der Waals surface area contributed by atoms with Gasteiger partial charge < -0.3 is 4.48 Å². The van der Waals surface area contributed by atoms with Crippen molar-refractivity contribution in [2.75, 3.05) is 0 Å². The molecule has 1 aliphatic rings. The van der Waals surface area contributed by atoms with Gasteiger partial charge >= 0.3 is 0 Å². The van der Waals surface area contributed by atoms with Crippen molar-refractivity contribution >= 4 is 37.1 Å². The summed E-state index contributed by atoms with van der Waals surface area (Å²) >= 11 is 3.49. The van der Waals surface area contributed by atoms with Crippen LogP contribution in [0.2, 0.25) is 18.1 Å². The van der Waals surface area contributed by atoms with Crippen LogP contribution in [-0.4, -0.2) is 20.1 Å². The highest BCUT2D eigenvalue weighted by molar-refractivity contribution is 9.10. The monoisotopic (exact) mass is 346 g/mol. The summed E-state index contributed by atoms with van der Waals surface area (Å²) in [5.74, 6) is 0. The third kappa shape index (κ3) is 3.12. The number of allylic oxidation sites excluding steroid dienone is 2. The van der Waals surface area contributed by atoms with E-state index in [1.807, 2.05) is 0 Å². The summed E-state index contributed by atoms with van der Waals surface area (Å²) < 4.78 is 3.58. The molecule has 1 radical (unpaired) electrons. The second kappa shape index (κ2) is 5.57. The zero-order chi connectivity index (χ0) is 15.0. The number of nitrogens with zero attached hydrogens (tertiary/aromatic N) is 1. The Morgan fingerprint density at radius 3 is 2.25 bits per heavy atom. The number of benzene rings is 1. The largest absolute Gasteiger partial charge is 0.448 e. The fourth-order valence-corrected chi connectivity index (χ4v) is 3.98. The Balaban J connectivity index is 2.24. The number of hydrogen-bond donors (Lipinski definition) is 0. The van der Waals surface area contributed by atoms with E-state index in [9.17, 15) is 0 Å². The van der Waals surface area contributed by atoms with Crippen LogP contribution < -0.4 is 0 Å². The van der Waals surface area contributed by atoms with Gasteiger partial charge in [-0.05, 0) is 35.0 Å². The summed E-state index contributed by atoms with van der Waals surface area (Å²) in [4.78, 5) is 0. The van der Waals surface area contributed by atoms with Gasteiger partial charge in [-0.1, -0.05) is 73.5 Å². The molecule has 0 amide bonds. The first-order chi connectivity index (χ1) is 9.22. The van der Waals surface area contributed by atoms with Crippen LogP contribution in [0.15, 0.2) is 47.1 Å². The van der Waals surface area contributed by atoms with Crippen molar-refractivity contribution in [1.82, 2.24) is 4.48 Å².